The van der Waals surface area contributed by atoms with Crippen molar-refractivity contribution in [3.8, 4) is 0 Å². The fraction of sp³-hybridized carbons (Fsp3) is 0.893. The Kier molecular flexibility index (Phi) is 50.6. The first-order valence-corrected chi connectivity index (χ1v) is 27.6. The van der Waals surface area contributed by atoms with Crippen LogP contribution in [0.1, 0.15) is 296 Å². The van der Waals surface area contributed by atoms with Crippen molar-refractivity contribution in [2.24, 2.45) is 0 Å². The van der Waals surface area contributed by atoms with Crippen LogP contribution in [0.4, 0.5) is 0 Å². The number of hydrogen-bond donors (Lipinski definition) is 3. The van der Waals surface area contributed by atoms with Crippen LogP contribution < -0.4 is 5.32 Å². The van der Waals surface area contributed by atoms with Gasteiger partial charge in [0, 0.05) is 12.8 Å². The molecule has 0 aromatic heterocycles. The third kappa shape index (κ3) is 47.8. The average Bonchev–Trinajstić information content (AvgIpc) is 3.27. The van der Waals surface area contributed by atoms with Crippen LogP contribution in [-0.4, -0.2) is 47.4 Å². The molecule has 6 heteroatoms. The lowest BCUT2D eigenvalue weighted by atomic mass is 10.0. The van der Waals surface area contributed by atoms with Crippen molar-refractivity contribution in [1.29, 1.82) is 0 Å². The molecular weight excluding hydrogens is 767 g/mol. The Labute approximate surface area is 386 Å². The lowest BCUT2D eigenvalue weighted by molar-refractivity contribution is -0.143. The maximum atomic E-state index is 12.5. The van der Waals surface area contributed by atoms with Gasteiger partial charge in [-0.2, -0.15) is 0 Å². The third-order valence-corrected chi connectivity index (χ3v) is 12.7. The second kappa shape index (κ2) is 52.0. The minimum Gasteiger partial charge on any atom is -0.466 e. The molecule has 0 rings (SSSR count). The molecule has 0 fully saturated rings. The van der Waals surface area contributed by atoms with E-state index in [0.717, 1.165) is 70.6 Å². The molecule has 6 nitrogen and oxygen atoms in total. The number of hydrogen-bond acceptors (Lipinski definition) is 5. The Morgan fingerprint density at radius 3 is 1.19 bits per heavy atom. The summed E-state index contributed by atoms with van der Waals surface area (Å²) >= 11 is 0. The van der Waals surface area contributed by atoms with Gasteiger partial charge in [-0.3, -0.25) is 9.59 Å². The molecule has 0 saturated heterocycles. The first kappa shape index (κ1) is 60.3. The van der Waals surface area contributed by atoms with Crippen molar-refractivity contribution in [2.75, 3.05) is 13.2 Å². The Balaban J connectivity index is 3.49. The predicted octanol–water partition coefficient (Wildman–Crippen LogP) is 16.7. The second-order valence-corrected chi connectivity index (χ2v) is 18.9. The van der Waals surface area contributed by atoms with Gasteiger partial charge in [0.25, 0.3) is 0 Å². The molecule has 62 heavy (non-hydrogen) atoms. The highest BCUT2D eigenvalue weighted by molar-refractivity contribution is 5.76. The molecule has 0 heterocycles. The van der Waals surface area contributed by atoms with Gasteiger partial charge < -0.3 is 20.3 Å². The Hall–Kier alpha value is -1.66. The number of unbranched alkanes of at least 4 members (excludes halogenated alkanes) is 36. The summed E-state index contributed by atoms with van der Waals surface area (Å²) in [5.41, 5.74) is 0. The number of aliphatic hydroxyl groups excluding tert-OH is 2. The van der Waals surface area contributed by atoms with Crippen molar-refractivity contribution in [1.82, 2.24) is 5.32 Å². The van der Waals surface area contributed by atoms with Crippen LogP contribution in [0.3, 0.4) is 0 Å². The van der Waals surface area contributed by atoms with E-state index in [1.807, 2.05) is 0 Å². The Morgan fingerprint density at radius 1 is 0.435 bits per heavy atom. The summed E-state index contributed by atoms with van der Waals surface area (Å²) < 4.78 is 5.43. The van der Waals surface area contributed by atoms with Gasteiger partial charge in [-0.15, -0.1) is 0 Å². The highest BCUT2D eigenvalue weighted by Gasteiger charge is 2.20. The molecule has 0 bridgehead atoms. The highest BCUT2D eigenvalue weighted by Crippen LogP contribution is 2.17. The van der Waals surface area contributed by atoms with Crippen molar-refractivity contribution in [3.63, 3.8) is 0 Å². The molecule has 366 valence electrons. The second-order valence-electron chi connectivity index (χ2n) is 18.9. The maximum Gasteiger partial charge on any atom is 0.305 e. The quantitative estimate of drug-likeness (QED) is 0.0321. The molecule has 0 radical (unpaired) electrons. The molecule has 0 aromatic rings. The summed E-state index contributed by atoms with van der Waals surface area (Å²) in [7, 11) is 0. The molecule has 3 N–H and O–H groups in total. The summed E-state index contributed by atoms with van der Waals surface area (Å²) in [4.78, 5) is 24.4. The number of rotatable bonds is 51. The molecule has 0 saturated carbocycles. The molecule has 0 spiro atoms. The first-order valence-electron chi connectivity index (χ1n) is 27.6. The summed E-state index contributed by atoms with van der Waals surface area (Å²) in [6.07, 6.45) is 61.6. The molecule has 2 atom stereocenters. The number of allylic oxidation sites excluding steroid dienone is 4. The third-order valence-electron chi connectivity index (χ3n) is 12.7. The zero-order valence-corrected chi connectivity index (χ0v) is 41.6. The highest BCUT2D eigenvalue weighted by atomic mass is 16.5. The van der Waals surface area contributed by atoms with E-state index in [4.69, 9.17) is 4.74 Å². The van der Waals surface area contributed by atoms with Gasteiger partial charge in [0.05, 0.1) is 25.4 Å². The molecule has 2 unspecified atom stereocenters. The van der Waals surface area contributed by atoms with Gasteiger partial charge in [-0.05, 0) is 70.6 Å². The monoisotopic (exact) mass is 874 g/mol. The molecule has 0 aliphatic rings. The number of esters is 1. The van der Waals surface area contributed by atoms with Crippen molar-refractivity contribution >= 4 is 11.9 Å². The molecule has 0 aliphatic heterocycles. The van der Waals surface area contributed by atoms with Crippen molar-refractivity contribution < 1.29 is 24.5 Å². The van der Waals surface area contributed by atoms with Crippen LogP contribution in [0.2, 0.25) is 0 Å². The minimum absolute atomic E-state index is 0.0209. The van der Waals surface area contributed by atoms with E-state index >= 15 is 0 Å². The lowest BCUT2D eigenvalue weighted by Gasteiger charge is -2.22. The number of amides is 1. The van der Waals surface area contributed by atoms with Crippen LogP contribution in [0.25, 0.3) is 0 Å². The SMILES string of the molecule is CCCC/C=C\CCCCCCCC(=O)OCCCCCC/C=C\CCCCCCCCCC(=O)NC(CO)C(O)CCCCCCCCCCCCCCCCCCCCC. The Morgan fingerprint density at radius 2 is 0.774 bits per heavy atom. The van der Waals surface area contributed by atoms with Crippen LogP contribution in [0, 0.1) is 0 Å². The lowest BCUT2D eigenvalue weighted by Crippen LogP contribution is -2.45. The smallest absolute Gasteiger partial charge is 0.305 e. The number of carbonyl (C=O) groups excluding carboxylic acids is 2. The van der Waals surface area contributed by atoms with Crippen LogP contribution in [-0.2, 0) is 14.3 Å². The minimum atomic E-state index is -0.675. The summed E-state index contributed by atoms with van der Waals surface area (Å²) in [6, 6.07) is -0.553. The standard InChI is InChI=1S/C56H107NO5/c1-3-5-7-9-11-13-15-16-17-18-19-20-22-25-29-32-36-40-44-48-54(59)53(52-58)57-55(60)49-45-41-37-33-30-26-23-21-24-27-31-35-39-43-47-51-62-56(61)50-46-42-38-34-28-14-12-10-8-6-4-2/h10,12,24,27,53-54,58-59H,3-9,11,13-23,25-26,28-52H2,1-2H3,(H,57,60)/b12-10-,27-24-. The van der Waals surface area contributed by atoms with Gasteiger partial charge in [0.1, 0.15) is 0 Å². The largest absolute Gasteiger partial charge is 0.466 e. The molecule has 1 amide bonds. The van der Waals surface area contributed by atoms with Crippen molar-refractivity contribution in [3.05, 3.63) is 24.3 Å². The molecule has 0 aromatic carbocycles. The number of ether oxygens (including phenoxy) is 1. The molecule has 0 aliphatic carbocycles. The van der Waals surface area contributed by atoms with Gasteiger partial charge in [0.2, 0.25) is 5.91 Å². The van der Waals surface area contributed by atoms with E-state index in [1.54, 1.807) is 0 Å². The first-order chi connectivity index (χ1) is 30.5. The number of nitrogens with one attached hydrogen (secondary N) is 1. The normalized spacial score (nSPS) is 12.8. The van der Waals surface area contributed by atoms with E-state index in [1.165, 1.54) is 193 Å². The van der Waals surface area contributed by atoms with E-state index in [2.05, 4.69) is 43.5 Å². The zero-order valence-electron chi connectivity index (χ0n) is 41.6. The summed E-state index contributed by atoms with van der Waals surface area (Å²) in [5, 5.41) is 23.3. The van der Waals surface area contributed by atoms with Gasteiger partial charge in [-0.1, -0.05) is 237 Å². The molecular formula is C56H107NO5. The number of carbonyl (C=O) groups is 2. The van der Waals surface area contributed by atoms with E-state index in [-0.39, 0.29) is 18.5 Å². The topological polar surface area (TPSA) is 95.9 Å². The van der Waals surface area contributed by atoms with Gasteiger partial charge in [0.15, 0.2) is 0 Å². The predicted molar refractivity (Wildman–Crippen MR) is 269 cm³/mol. The van der Waals surface area contributed by atoms with Gasteiger partial charge >= 0.3 is 5.97 Å². The Bertz CT molecular complexity index is 966. The number of aliphatic hydroxyl groups is 2. The fourth-order valence-electron chi connectivity index (χ4n) is 8.44. The summed E-state index contributed by atoms with van der Waals surface area (Å²) in [5.74, 6) is -0.0696. The van der Waals surface area contributed by atoms with E-state index in [9.17, 15) is 19.8 Å². The van der Waals surface area contributed by atoms with Crippen LogP contribution >= 0.6 is 0 Å². The maximum absolute atomic E-state index is 12.5. The average molecular weight is 874 g/mol. The van der Waals surface area contributed by atoms with Crippen molar-refractivity contribution in [2.45, 2.75) is 309 Å². The van der Waals surface area contributed by atoms with Gasteiger partial charge in [-0.25, -0.2) is 0 Å². The van der Waals surface area contributed by atoms with E-state index < -0.39 is 12.1 Å². The fourth-order valence-corrected chi connectivity index (χ4v) is 8.44. The summed E-state index contributed by atoms with van der Waals surface area (Å²) in [6.45, 7) is 4.89. The van der Waals surface area contributed by atoms with E-state index in [0.29, 0.717) is 25.9 Å². The van der Waals surface area contributed by atoms with Crippen LogP contribution in [0.5, 0.6) is 0 Å². The zero-order chi connectivity index (χ0) is 45.1. The van der Waals surface area contributed by atoms with Crippen LogP contribution in [0.15, 0.2) is 24.3 Å².